The predicted octanol–water partition coefficient (Wildman–Crippen LogP) is 4.80. The zero-order chi connectivity index (χ0) is 24.9. The Morgan fingerprint density at radius 2 is 2.03 bits per heavy atom. The second-order valence-electron chi connectivity index (χ2n) is 8.29. The molecule has 0 radical (unpaired) electrons. The van der Waals surface area contributed by atoms with Crippen LogP contribution in [0.5, 0.6) is 0 Å². The molecule has 12 heteroatoms. The average molecular weight is 520 g/mol. The Bertz CT molecular complexity index is 1440. The molecule has 1 atom stereocenters. The maximum atomic E-state index is 13.5. The Hall–Kier alpha value is -3.25. The molecular formula is C23H20F3N5O2S2. The number of aryl methyl sites for hydroxylation is 2. The molecule has 35 heavy (non-hydrogen) atoms. The van der Waals surface area contributed by atoms with Crippen molar-refractivity contribution in [3.8, 4) is 10.4 Å². The third-order valence-electron chi connectivity index (χ3n) is 5.87. The highest BCUT2D eigenvalue weighted by Gasteiger charge is 2.41. The first-order chi connectivity index (χ1) is 16.6. The van der Waals surface area contributed by atoms with Crippen molar-refractivity contribution in [1.29, 1.82) is 0 Å². The minimum Gasteiger partial charge on any atom is -0.349 e. The van der Waals surface area contributed by atoms with Gasteiger partial charge in [0, 0.05) is 24.7 Å². The SMILES string of the molecule is Cc1cccc(-c2sc(C)nc2C(=O)N2CCC2CNC(=O)c2c(C(F)(F)F)nc3sccn23)c1. The lowest BCUT2D eigenvalue weighted by atomic mass is 10.0. The van der Waals surface area contributed by atoms with Gasteiger partial charge >= 0.3 is 6.18 Å². The number of benzene rings is 1. The molecule has 0 aliphatic carbocycles. The third kappa shape index (κ3) is 4.31. The van der Waals surface area contributed by atoms with Crippen LogP contribution in [0.2, 0.25) is 0 Å². The number of aromatic nitrogens is 3. The van der Waals surface area contributed by atoms with Crippen LogP contribution >= 0.6 is 22.7 Å². The zero-order valence-electron chi connectivity index (χ0n) is 18.7. The number of carbonyl (C=O) groups is 2. The van der Waals surface area contributed by atoms with Crippen molar-refractivity contribution in [1.82, 2.24) is 24.6 Å². The molecule has 0 spiro atoms. The summed E-state index contributed by atoms with van der Waals surface area (Å²) in [7, 11) is 0. The van der Waals surface area contributed by atoms with Gasteiger partial charge in [0.25, 0.3) is 11.8 Å². The van der Waals surface area contributed by atoms with Gasteiger partial charge in [0.2, 0.25) is 0 Å². The van der Waals surface area contributed by atoms with Gasteiger partial charge in [-0.3, -0.25) is 14.0 Å². The number of halogens is 3. The van der Waals surface area contributed by atoms with Crippen LogP contribution in [0.4, 0.5) is 13.2 Å². The van der Waals surface area contributed by atoms with Crippen molar-refractivity contribution in [3.05, 3.63) is 63.5 Å². The molecule has 2 amide bonds. The summed E-state index contributed by atoms with van der Waals surface area (Å²) in [6.07, 6.45) is -2.75. The topological polar surface area (TPSA) is 79.6 Å². The molecule has 1 fully saturated rings. The zero-order valence-corrected chi connectivity index (χ0v) is 20.4. The Morgan fingerprint density at radius 3 is 2.71 bits per heavy atom. The highest BCUT2D eigenvalue weighted by atomic mass is 32.1. The Morgan fingerprint density at radius 1 is 1.23 bits per heavy atom. The van der Waals surface area contributed by atoms with Crippen LogP contribution in [-0.4, -0.2) is 50.2 Å². The number of imidazole rings is 1. The van der Waals surface area contributed by atoms with E-state index >= 15 is 0 Å². The van der Waals surface area contributed by atoms with Crippen molar-refractivity contribution in [3.63, 3.8) is 0 Å². The van der Waals surface area contributed by atoms with Crippen LogP contribution in [0, 0.1) is 13.8 Å². The van der Waals surface area contributed by atoms with Crippen LogP contribution < -0.4 is 5.32 Å². The highest BCUT2D eigenvalue weighted by molar-refractivity contribution is 7.15. The van der Waals surface area contributed by atoms with E-state index in [1.807, 2.05) is 38.1 Å². The number of fused-ring (bicyclic) bond motifs is 1. The van der Waals surface area contributed by atoms with Crippen molar-refractivity contribution in [2.24, 2.45) is 0 Å². The summed E-state index contributed by atoms with van der Waals surface area (Å²) in [4.78, 5) is 36.6. The van der Waals surface area contributed by atoms with E-state index in [1.165, 1.54) is 17.5 Å². The van der Waals surface area contributed by atoms with E-state index in [2.05, 4.69) is 15.3 Å². The predicted molar refractivity (Wildman–Crippen MR) is 127 cm³/mol. The third-order valence-corrected chi connectivity index (χ3v) is 7.64. The molecule has 1 saturated heterocycles. The first-order valence-electron chi connectivity index (χ1n) is 10.8. The fourth-order valence-corrected chi connectivity index (χ4v) is 5.73. The first-order valence-corrected chi connectivity index (χ1v) is 12.5. The van der Waals surface area contributed by atoms with Gasteiger partial charge in [-0.05, 0) is 25.8 Å². The van der Waals surface area contributed by atoms with E-state index < -0.39 is 23.5 Å². The number of hydrogen-bond donors (Lipinski definition) is 1. The normalized spacial score (nSPS) is 15.9. The van der Waals surface area contributed by atoms with Crippen molar-refractivity contribution in [2.45, 2.75) is 32.5 Å². The summed E-state index contributed by atoms with van der Waals surface area (Å²) in [5.41, 5.74) is 0.551. The summed E-state index contributed by atoms with van der Waals surface area (Å²) in [6.45, 7) is 4.33. The van der Waals surface area contributed by atoms with E-state index in [0.717, 1.165) is 36.7 Å². The number of nitrogens with zero attached hydrogens (tertiary/aromatic N) is 4. The minimum absolute atomic E-state index is 0.0299. The largest absolute Gasteiger partial charge is 0.435 e. The van der Waals surface area contributed by atoms with Gasteiger partial charge in [-0.2, -0.15) is 13.2 Å². The molecule has 182 valence electrons. The molecule has 0 bridgehead atoms. The molecule has 1 aliphatic rings. The standard InChI is InChI=1S/C23H20F3N5O2S2/c1-12-4-3-5-14(10-12)18-16(28-13(2)35-18)21(33)30-7-6-15(30)11-27-20(32)17-19(23(24,25)26)29-22-31(17)8-9-34-22/h3-5,8-10,15H,6-7,11H2,1-2H3,(H,27,32). The number of amides is 2. The number of carbonyl (C=O) groups excluding carboxylic acids is 2. The lowest BCUT2D eigenvalue weighted by Crippen LogP contribution is -2.56. The van der Waals surface area contributed by atoms with Gasteiger partial charge in [0.05, 0.1) is 15.9 Å². The second-order valence-corrected chi connectivity index (χ2v) is 10.4. The molecule has 1 aliphatic heterocycles. The fourth-order valence-electron chi connectivity index (χ4n) is 4.10. The smallest absolute Gasteiger partial charge is 0.349 e. The molecule has 7 nitrogen and oxygen atoms in total. The van der Waals surface area contributed by atoms with E-state index in [4.69, 9.17) is 0 Å². The van der Waals surface area contributed by atoms with Crippen LogP contribution in [-0.2, 0) is 6.18 Å². The van der Waals surface area contributed by atoms with Crippen molar-refractivity contribution in [2.75, 3.05) is 13.1 Å². The van der Waals surface area contributed by atoms with Crippen molar-refractivity contribution >= 4 is 39.4 Å². The van der Waals surface area contributed by atoms with Gasteiger partial charge in [-0.1, -0.05) is 29.8 Å². The summed E-state index contributed by atoms with van der Waals surface area (Å²) in [6, 6.07) is 7.48. The minimum atomic E-state index is -4.76. The lowest BCUT2D eigenvalue weighted by Gasteiger charge is -2.40. The van der Waals surface area contributed by atoms with E-state index in [-0.39, 0.29) is 23.5 Å². The summed E-state index contributed by atoms with van der Waals surface area (Å²) in [5, 5.41) is 4.89. The number of thiazole rings is 2. The van der Waals surface area contributed by atoms with Crippen molar-refractivity contribution < 1.29 is 22.8 Å². The maximum Gasteiger partial charge on any atom is 0.435 e. The van der Waals surface area contributed by atoms with E-state index in [0.29, 0.717) is 18.7 Å². The first kappa shape index (κ1) is 23.5. The number of nitrogens with one attached hydrogen (secondary N) is 1. The number of alkyl halides is 3. The van der Waals surface area contributed by atoms with Gasteiger partial charge in [0.1, 0.15) is 11.4 Å². The highest BCUT2D eigenvalue weighted by Crippen LogP contribution is 2.34. The Kier molecular flexibility index (Phi) is 5.88. The molecule has 4 heterocycles. The number of rotatable bonds is 5. The monoisotopic (exact) mass is 519 g/mol. The molecule has 1 N–H and O–H groups in total. The van der Waals surface area contributed by atoms with Gasteiger partial charge < -0.3 is 10.2 Å². The number of likely N-dealkylation sites (tertiary alicyclic amines) is 1. The molecule has 3 aromatic heterocycles. The summed E-state index contributed by atoms with van der Waals surface area (Å²) >= 11 is 2.45. The van der Waals surface area contributed by atoms with Gasteiger partial charge in [-0.15, -0.1) is 22.7 Å². The Labute approximate surface area is 206 Å². The van der Waals surface area contributed by atoms with Crippen LogP contribution in [0.1, 0.15) is 43.7 Å². The molecular weight excluding hydrogens is 499 g/mol. The molecule has 4 aromatic rings. The van der Waals surface area contributed by atoms with Crippen LogP contribution in [0.15, 0.2) is 35.8 Å². The number of hydrogen-bond acceptors (Lipinski definition) is 6. The molecule has 1 unspecified atom stereocenters. The van der Waals surface area contributed by atoms with Gasteiger partial charge in [0.15, 0.2) is 10.7 Å². The summed E-state index contributed by atoms with van der Waals surface area (Å²) in [5.74, 6) is -1.13. The summed E-state index contributed by atoms with van der Waals surface area (Å²) < 4.78 is 41.5. The second kappa shape index (κ2) is 8.76. The van der Waals surface area contributed by atoms with E-state index in [9.17, 15) is 22.8 Å². The van der Waals surface area contributed by atoms with Crippen LogP contribution in [0.3, 0.4) is 0 Å². The molecule has 0 saturated carbocycles. The fraction of sp³-hybridized carbons (Fsp3) is 0.304. The van der Waals surface area contributed by atoms with Crippen LogP contribution in [0.25, 0.3) is 15.4 Å². The Balaban J connectivity index is 1.33. The molecule has 5 rings (SSSR count). The quantitative estimate of drug-likeness (QED) is 0.411. The van der Waals surface area contributed by atoms with Gasteiger partial charge in [-0.25, -0.2) is 9.97 Å². The average Bonchev–Trinajstić information content (AvgIpc) is 3.46. The van der Waals surface area contributed by atoms with E-state index in [1.54, 1.807) is 10.3 Å². The molecule has 1 aromatic carbocycles. The maximum absolute atomic E-state index is 13.5. The lowest BCUT2D eigenvalue weighted by molar-refractivity contribution is -0.141.